The molecule has 2 rings (SSSR count). The first-order chi connectivity index (χ1) is 7.24. The molecule has 0 amide bonds. The fraction of sp³-hybridized carbons (Fsp3) is 0.571. The van der Waals surface area contributed by atoms with Gasteiger partial charge in [0, 0.05) is 5.54 Å². The van der Waals surface area contributed by atoms with E-state index < -0.39 is 0 Å². The summed E-state index contributed by atoms with van der Waals surface area (Å²) in [4.78, 5) is 0. The second kappa shape index (κ2) is 4.36. The van der Waals surface area contributed by atoms with Crippen LogP contribution in [0.3, 0.4) is 0 Å². The van der Waals surface area contributed by atoms with Gasteiger partial charge in [0.2, 0.25) is 0 Å². The van der Waals surface area contributed by atoms with E-state index in [1.807, 2.05) is 0 Å². The van der Waals surface area contributed by atoms with Crippen molar-refractivity contribution in [2.75, 3.05) is 6.54 Å². The molecule has 1 unspecified atom stereocenters. The van der Waals surface area contributed by atoms with E-state index >= 15 is 0 Å². The second-order valence-corrected chi connectivity index (χ2v) is 4.81. The lowest BCUT2D eigenvalue weighted by Gasteiger charge is -2.25. The van der Waals surface area contributed by atoms with Crippen LogP contribution in [0.1, 0.15) is 44.2 Å². The van der Waals surface area contributed by atoms with Crippen LogP contribution >= 0.6 is 0 Å². The minimum absolute atomic E-state index is 0.227. The summed E-state index contributed by atoms with van der Waals surface area (Å²) in [7, 11) is 0. The summed E-state index contributed by atoms with van der Waals surface area (Å²) in [5.41, 5.74) is 3.13. The molecule has 1 aromatic carbocycles. The zero-order valence-corrected chi connectivity index (χ0v) is 9.84. The Morgan fingerprint density at radius 3 is 2.53 bits per heavy atom. The van der Waals surface area contributed by atoms with Gasteiger partial charge in [0.25, 0.3) is 0 Å². The zero-order chi connectivity index (χ0) is 10.7. The molecule has 82 valence electrons. The molecule has 1 nitrogen and oxygen atoms in total. The van der Waals surface area contributed by atoms with Crippen LogP contribution in [0, 0.1) is 0 Å². The van der Waals surface area contributed by atoms with Gasteiger partial charge in [-0.05, 0) is 43.9 Å². The molecule has 0 bridgehead atoms. The van der Waals surface area contributed by atoms with Crippen LogP contribution in [-0.2, 0) is 12.0 Å². The highest BCUT2D eigenvalue weighted by Crippen LogP contribution is 2.30. The maximum atomic E-state index is 3.60. The Balaban J connectivity index is 2.15. The average molecular weight is 203 g/mol. The molecule has 0 radical (unpaired) electrons. The van der Waals surface area contributed by atoms with Gasteiger partial charge < -0.3 is 5.32 Å². The molecule has 1 N–H and O–H groups in total. The monoisotopic (exact) mass is 203 g/mol. The van der Waals surface area contributed by atoms with Gasteiger partial charge in [-0.15, -0.1) is 0 Å². The van der Waals surface area contributed by atoms with E-state index in [2.05, 4.69) is 43.4 Å². The topological polar surface area (TPSA) is 12.0 Å². The minimum Gasteiger partial charge on any atom is -0.308 e. The van der Waals surface area contributed by atoms with Crippen molar-refractivity contribution in [3.05, 3.63) is 35.4 Å². The van der Waals surface area contributed by atoms with Crippen LogP contribution < -0.4 is 5.32 Å². The van der Waals surface area contributed by atoms with Gasteiger partial charge in [-0.2, -0.15) is 0 Å². The molecule has 0 spiro atoms. The molecule has 1 saturated heterocycles. The van der Waals surface area contributed by atoms with Crippen molar-refractivity contribution in [1.82, 2.24) is 5.32 Å². The number of hydrogen-bond donors (Lipinski definition) is 1. The normalized spacial score (nSPS) is 25.7. The maximum Gasteiger partial charge on any atom is 0.0406 e. The first-order valence-electron chi connectivity index (χ1n) is 6.09. The lowest BCUT2D eigenvalue weighted by atomic mass is 9.90. The van der Waals surface area contributed by atoms with E-state index in [4.69, 9.17) is 0 Å². The lowest BCUT2D eigenvalue weighted by molar-refractivity contribution is 0.434. The summed E-state index contributed by atoms with van der Waals surface area (Å²) < 4.78 is 0. The molecular formula is C14H21N. The summed E-state index contributed by atoms with van der Waals surface area (Å²) in [6.45, 7) is 5.70. The smallest absolute Gasteiger partial charge is 0.0406 e. The van der Waals surface area contributed by atoms with Gasteiger partial charge in [-0.1, -0.05) is 37.6 Å². The Morgan fingerprint density at radius 2 is 2.00 bits per heavy atom. The molecule has 1 heterocycles. The largest absolute Gasteiger partial charge is 0.308 e. The molecule has 1 atom stereocenters. The predicted molar refractivity (Wildman–Crippen MR) is 65.0 cm³/mol. The van der Waals surface area contributed by atoms with Gasteiger partial charge in [0.05, 0.1) is 0 Å². The highest BCUT2D eigenvalue weighted by atomic mass is 15.0. The fourth-order valence-electron chi connectivity index (χ4n) is 2.47. The van der Waals surface area contributed by atoms with Crippen molar-refractivity contribution in [2.45, 2.75) is 45.1 Å². The molecule has 1 heteroatoms. The molecule has 1 aromatic rings. The highest BCUT2D eigenvalue weighted by molar-refractivity contribution is 5.29. The molecule has 0 saturated carbocycles. The zero-order valence-electron chi connectivity index (χ0n) is 9.84. The van der Waals surface area contributed by atoms with Crippen LogP contribution in [0.25, 0.3) is 0 Å². The third-order valence-corrected chi connectivity index (χ3v) is 3.50. The Bertz CT molecular complexity index is 307. The van der Waals surface area contributed by atoms with Crippen LogP contribution in [0.4, 0.5) is 0 Å². The van der Waals surface area contributed by atoms with E-state index in [0.29, 0.717) is 0 Å². The van der Waals surface area contributed by atoms with Gasteiger partial charge in [0.15, 0.2) is 0 Å². The second-order valence-electron chi connectivity index (χ2n) is 4.81. The van der Waals surface area contributed by atoms with E-state index in [1.165, 1.54) is 36.8 Å². The molecule has 1 fully saturated rings. The average Bonchev–Trinajstić information content (AvgIpc) is 2.68. The van der Waals surface area contributed by atoms with Crippen LogP contribution in [0.2, 0.25) is 0 Å². The third-order valence-electron chi connectivity index (χ3n) is 3.50. The van der Waals surface area contributed by atoms with Crippen LogP contribution in [0.15, 0.2) is 24.3 Å². The van der Waals surface area contributed by atoms with Crippen LogP contribution in [-0.4, -0.2) is 6.54 Å². The Hall–Kier alpha value is -0.820. The summed E-state index contributed by atoms with van der Waals surface area (Å²) >= 11 is 0. The third kappa shape index (κ3) is 2.23. The standard InChI is InChI=1S/C14H21N/c1-3-5-12-6-8-13(9-7-12)14(2)10-4-11-15-14/h6-9,15H,3-5,10-11H2,1-2H3. The Labute approximate surface area is 92.9 Å². The van der Waals surface area contributed by atoms with Gasteiger partial charge in [-0.3, -0.25) is 0 Å². The quantitative estimate of drug-likeness (QED) is 0.795. The van der Waals surface area contributed by atoms with Crippen molar-refractivity contribution in [2.24, 2.45) is 0 Å². The Morgan fingerprint density at radius 1 is 1.27 bits per heavy atom. The van der Waals surface area contributed by atoms with Gasteiger partial charge >= 0.3 is 0 Å². The van der Waals surface area contributed by atoms with E-state index in [9.17, 15) is 0 Å². The summed E-state index contributed by atoms with van der Waals surface area (Å²) in [6, 6.07) is 9.15. The maximum absolute atomic E-state index is 3.60. The first-order valence-corrected chi connectivity index (χ1v) is 6.09. The van der Waals surface area contributed by atoms with E-state index in [0.717, 1.165) is 6.54 Å². The first kappa shape index (κ1) is 10.7. The molecule has 0 aromatic heterocycles. The molecule has 1 aliphatic rings. The highest BCUT2D eigenvalue weighted by Gasteiger charge is 2.29. The lowest BCUT2D eigenvalue weighted by Crippen LogP contribution is -2.32. The van der Waals surface area contributed by atoms with Crippen molar-refractivity contribution < 1.29 is 0 Å². The number of nitrogens with one attached hydrogen (secondary N) is 1. The predicted octanol–water partition coefficient (Wildman–Crippen LogP) is 3.24. The minimum atomic E-state index is 0.227. The van der Waals surface area contributed by atoms with Crippen molar-refractivity contribution in [3.63, 3.8) is 0 Å². The van der Waals surface area contributed by atoms with E-state index in [-0.39, 0.29) is 5.54 Å². The van der Waals surface area contributed by atoms with Crippen molar-refractivity contribution in [1.29, 1.82) is 0 Å². The molecule has 1 aliphatic heterocycles. The molecule has 15 heavy (non-hydrogen) atoms. The number of hydrogen-bond acceptors (Lipinski definition) is 1. The number of benzene rings is 1. The summed E-state index contributed by atoms with van der Waals surface area (Å²) in [5, 5.41) is 3.60. The van der Waals surface area contributed by atoms with Crippen molar-refractivity contribution in [3.8, 4) is 0 Å². The number of aryl methyl sites for hydroxylation is 1. The molecular weight excluding hydrogens is 182 g/mol. The number of rotatable bonds is 3. The van der Waals surface area contributed by atoms with Gasteiger partial charge in [-0.25, -0.2) is 0 Å². The fourth-order valence-corrected chi connectivity index (χ4v) is 2.47. The SMILES string of the molecule is CCCc1ccc(C2(C)CCCN2)cc1. The summed E-state index contributed by atoms with van der Waals surface area (Å²) in [6.07, 6.45) is 4.99. The molecule has 0 aliphatic carbocycles. The van der Waals surface area contributed by atoms with Crippen LogP contribution in [0.5, 0.6) is 0 Å². The summed E-state index contributed by atoms with van der Waals surface area (Å²) in [5.74, 6) is 0. The van der Waals surface area contributed by atoms with Gasteiger partial charge in [0.1, 0.15) is 0 Å². The van der Waals surface area contributed by atoms with E-state index in [1.54, 1.807) is 0 Å². The Kier molecular flexibility index (Phi) is 3.11. The van der Waals surface area contributed by atoms with Crippen molar-refractivity contribution >= 4 is 0 Å².